The Bertz CT molecular complexity index is 156. The zero-order valence-corrected chi connectivity index (χ0v) is 9.03. The van der Waals surface area contributed by atoms with Gasteiger partial charge in [-0.05, 0) is 18.7 Å². The first-order valence-electron chi connectivity index (χ1n) is 4.83. The van der Waals surface area contributed by atoms with Crippen LogP contribution in [-0.4, -0.2) is 49.0 Å². The molecule has 0 bridgehead atoms. The van der Waals surface area contributed by atoms with Crippen LogP contribution in [0.3, 0.4) is 0 Å². The largest absolute Gasteiger partial charge is 0.359 e. The van der Waals surface area contributed by atoms with Gasteiger partial charge in [0, 0.05) is 32.3 Å². The Kier molecular flexibility index (Phi) is 5.23. The van der Waals surface area contributed by atoms with Crippen LogP contribution in [0.2, 0.25) is 0 Å². The summed E-state index contributed by atoms with van der Waals surface area (Å²) in [5.74, 6) is 2.64. The molecule has 1 N–H and O–H groups in total. The van der Waals surface area contributed by atoms with E-state index < -0.39 is 0 Å². The fourth-order valence-electron chi connectivity index (χ4n) is 1.41. The van der Waals surface area contributed by atoms with E-state index in [1.807, 2.05) is 11.8 Å². The second-order valence-corrected chi connectivity index (χ2v) is 4.46. The predicted molar refractivity (Wildman–Crippen MR) is 57.1 cm³/mol. The maximum absolute atomic E-state index is 11.0. The highest BCUT2D eigenvalue weighted by atomic mass is 32.2. The highest BCUT2D eigenvalue weighted by Crippen LogP contribution is 2.09. The molecule has 1 amide bonds. The normalized spacial score (nSPS) is 19.5. The molecule has 0 radical (unpaired) electrons. The first-order valence-corrected chi connectivity index (χ1v) is 5.99. The molecule has 1 aliphatic rings. The fourth-order valence-corrected chi connectivity index (χ4v) is 2.33. The number of thioether (sulfide) groups is 1. The summed E-state index contributed by atoms with van der Waals surface area (Å²) >= 11 is 2.02. The van der Waals surface area contributed by atoms with Crippen LogP contribution in [0.4, 0.5) is 0 Å². The highest BCUT2D eigenvalue weighted by Gasteiger charge is 2.09. The van der Waals surface area contributed by atoms with Crippen LogP contribution in [0.25, 0.3) is 0 Å². The zero-order chi connectivity index (χ0) is 9.52. The second-order valence-electron chi connectivity index (χ2n) is 3.23. The lowest BCUT2D eigenvalue weighted by atomic mass is 10.3. The Balaban J connectivity index is 2.15. The maximum Gasteiger partial charge on any atom is 0.221 e. The zero-order valence-electron chi connectivity index (χ0n) is 8.21. The number of hydrogen-bond donors (Lipinski definition) is 1. The van der Waals surface area contributed by atoms with Gasteiger partial charge in [0.2, 0.25) is 5.91 Å². The number of nitrogens with zero attached hydrogens (tertiary/aromatic N) is 1. The van der Waals surface area contributed by atoms with Crippen molar-refractivity contribution in [3.05, 3.63) is 0 Å². The van der Waals surface area contributed by atoms with Crippen molar-refractivity contribution >= 4 is 17.7 Å². The Hall–Kier alpha value is -0.220. The third-order valence-electron chi connectivity index (χ3n) is 2.25. The van der Waals surface area contributed by atoms with Gasteiger partial charge in [0.05, 0.1) is 0 Å². The molecule has 1 aliphatic heterocycles. The third-order valence-corrected chi connectivity index (χ3v) is 3.30. The van der Waals surface area contributed by atoms with Gasteiger partial charge in [0.25, 0.3) is 0 Å². The number of rotatable bonds is 3. The first-order chi connectivity index (χ1) is 6.33. The van der Waals surface area contributed by atoms with Crippen molar-refractivity contribution in [2.24, 2.45) is 0 Å². The molecule has 0 saturated carbocycles. The maximum atomic E-state index is 11.0. The lowest BCUT2D eigenvalue weighted by Crippen LogP contribution is -2.31. The summed E-state index contributed by atoms with van der Waals surface area (Å²) in [6.45, 7) is 3.21. The van der Waals surface area contributed by atoms with Gasteiger partial charge in [-0.2, -0.15) is 11.8 Å². The lowest BCUT2D eigenvalue weighted by molar-refractivity contribution is -0.120. The lowest BCUT2D eigenvalue weighted by Gasteiger charge is -2.18. The van der Waals surface area contributed by atoms with Crippen molar-refractivity contribution in [2.45, 2.75) is 12.8 Å². The summed E-state index contributed by atoms with van der Waals surface area (Å²) in [5.41, 5.74) is 0. The van der Waals surface area contributed by atoms with E-state index in [1.165, 1.54) is 17.9 Å². The molecule has 4 heteroatoms. The van der Waals surface area contributed by atoms with E-state index in [0.29, 0.717) is 6.42 Å². The fraction of sp³-hybridized carbons (Fsp3) is 0.889. The van der Waals surface area contributed by atoms with Crippen LogP contribution in [-0.2, 0) is 4.79 Å². The Morgan fingerprint density at radius 1 is 1.46 bits per heavy atom. The molecule has 0 aliphatic carbocycles. The molecule has 1 rings (SSSR count). The average molecular weight is 202 g/mol. The second kappa shape index (κ2) is 6.27. The number of carbonyl (C=O) groups is 1. The standard InChI is InChI=1S/C9H18N2OS/c1-10-9(12)3-5-11-4-2-7-13-8-6-11/h2-8H2,1H3,(H,10,12). The summed E-state index contributed by atoms with van der Waals surface area (Å²) < 4.78 is 0. The smallest absolute Gasteiger partial charge is 0.221 e. The van der Waals surface area contributed by atoms with Crippen LogP contribution in [0, 0.1) is 0 Å². The number of carbonyl (C=O) groups excluding carboxylic acids is 1. The van der Waals surface area contributed by atoms with Crippen molar-refractivity contribution < 1.29 is 4.79 Å². The molecular formula is C9H18N2OS. The van der Waals surface area contributed by atoms with Gasteiger partial charge in [-0.3, -0.25) is 4.79 Å². The SMILES string of the molecule is CNC(=O)CCN1CCCSCC1. The van der Waals surface area contributed by atoms with Crippen molar-refractivity contribution in [2.75, 3.05) is 38.2 Å². The number of nitrogens with one attached hydrogen (secondary N) is 1. The van der Waals surface area contributed by atoms with E-state index in [1.54, 1.807) is 7.05 Å². The summed E-state index contributed by atoms with van der Waals surface area (Å²) in [6.07, 6.45) is 1.90. The Labute approximate surface area is 84.2 Å². The molecule has 0 spiro atoms. The number of hydrogen-bond acceptors (Lipinski definition) is 3. The molecule has 76 valence electrons. The molecule has 0 unspecified atom stereocenters. The van der Waals surface area contributed by atoms with E-state index in [0.717, 1.165) is 19.6 Å². The van der Waals surface area contributed by atoms with E-state index in [2.05, 4.69) is 10.2 Å². The van der Waals surface area contributed by atoms with Gasteiger partial charge in [-0.25, -0.2) is 0 Å². The van der Waals surface area contributed by atoms with Gasteiger partial charge in [0.15, 0.2) is 0 Å². The van der Waals surface area contributed by atoms with Crippen LogP contribution >= 0.6 is 11.8 Å². The van der Waals surface area contributed by atoms with E-state index in [9.17, 15) is 4.79 Å². The monoisotopic (exact) mass is 202 g/mol. The van der Waals surface area contributed by atoms with E-state index in [4.69, 9.17) is 0 Å². The minimum absolute atomic E-state index is 0.150. The van der Waals surface area contributed by atoms with Gasteiger partial charge in [-0.15, -0.1) is 0 Å². The van der Waals surface area contributed by atoms with Crippen molar-refractivity contribution in [3.8, 4) is 0 Å². The Morgan fingerprint density at radius 3 is 3.08 bits per heavy atom. The van der Waals surface area contributed by atoms with Crippen LogP contribution in [0.1, 0.15) is 12.8 Å². The molecule has 1 heterocycles. The summed E-state index contributed by atoms with van der Waals surface area (Å²) in [4.78, 5) is 13.4. The predicted octanol–water partition coefficient (Wildman–Crippen LogP) is 0.561. The van der Waals surface area contributed by atoms with Gasteiger partial charge < -0.3 is 10.2 Å². The van der Waals surface area contributed by atoms with E-state index in [-0.39, 0.29) is 5.91 Å². The third kappa shape index (κ3) is 4.52. The minimum atomic E-state index is 0.150. The molecule has 13 heavy (non-hydrogen) atoms. The summed E-state index contributed by atoms with van der Waals surface area (Å²) in [7, 11) is 1.70. The molecule has 0 aromatic carbocycles. The molecule has 3 nitrogen and oxygen atoms in total. The van der Waals surface area contributed by atoms with Crippen LogP contribution < -0.4 is 5.32 Å². The van der Waals surface area contributed by atoms with Crippen molar-refractivity contribution in [1.82, 2.24) is 10.2 Å². The molecule has 1 fully saturated rings. The quantitative estimate of drug-likeness (QED) is 0.726. The van der Waals surface area contributed by atoms with Gasteiger partial charge in [-0.1, -0.05) is 0 Å². The summed E-state index contributed by atoms with van der Waals surface area (Å²) in [6, 6.07) is 0. The van der Waals surface area contributed by atoms with Crippen molar-refractivity contribution in [3.63, 3.8) is 0 Å². The van der Waals surface area contributed by atoms with Crippen LogP contribution in [0.5, 0.6) is 0 Å². The Morgan fingerprint density at radius 2 is 2.31 bits per heavy atom. The minimum Gasteiger partial charge on any atom is -0.359 e. The van der Waals surface area contributed by atoms with Crippen molar-refractivity contribution in [1.29, 1.82) is 0 Å². The molecule has 0 aromatic rings. The average Bonchev–Trinajstić information content (AvgIpc) is 2.42. The summed E-state index contributed by atoms with van der Waals surface area (Å²) in [5, 5.41) is 2.65. The van der Waals surface area contributed by atoms with Gasteiger partial charge >= 0.3 is 0 Å². The topological polar surface area (TPSA) is 32.3 Å². The number of amides is 1. The molecule has 0 aromatic heterocycles. The molecule has 0 atom stereocenters. The molecule has 1 saturated heterocycles. The highest BCUT2D eigenvalue weighted by molar-refractivity contribution is 7.99. The first kappa shape index (κ1) is 10.9. The van der Waals surface area contributed by atoms with E-state index >= 15 is 0 Å². The molecular weight excluding hydrogens is 184 g/mol. The van der Waals surface area contributed by atoms with Crippen LogP contribution in [0.15, 0.2) is 0 Å². The van der Waals surface area contributed by atoms with Gasteiger partial charge in [0.1, 0.15) is 0 Å².